The second-order valence-electron chi connectivity index (χ2n) is 4.53. The third kappa shape index (κ3) is 11.5. The number of rotatable bonds is 10. The number of hydrogen-bond acceptors (Lipinski definition) is 6. The summed E-state index contributed by atoms with van der Waals surface area (Å²) in [5, 5.41) is 0. The van der Waals surface area contributed by atoms with E-state index in [0.717, 1.165) is 25.7 Å². The first-order valence-corrected chi connectivity index (χ1v) is 6.91. The van der Waals surface area contributed by atoms with Crippen molar-refractivity contribution in [1.29, 1.82) is 0 Å². The van der Waals surface area contributed by atoms with Crippen molar-refractivity contribution in [3.63, 3.8) is 0 Å². The predicted molar refractivity (Wildman–Crippen MR) is 71.9 cm³/mol. The molecular weight excluding hydrogens is 264 g/mol. The SMILES string of the molecule is CCCCCCC(=O)OCC(COC(C)=O)OC(C)=O. The molecule has 1 atom stereocenters. The van der Waals surface area contributed by atoms with Gasteiger partial charge in [0.05, 0.1) is 0 Å². The zero-order chi connectivity index (χ0) is 15.4. The van der Waals surface area contributed by atoms with E-state index in [1.54, 1.807) is 0 Å². The molecule has 0 aliphatic heterocycles. The van der Waals surface area contributed by atoms with Gasteiger partial charge in [-0.05, 0) is 6.42 Å². The second-order valence-corrected chi connectivity index (χ2v) is 4.53. The molecule has 0 saturated heterocycles. The van der Waals surface area contributed by atoms with Crippen LogP contribution in [0.1, 0.15) is 52.9 Å². The predicted octanol–water partition coefficient (Wildman–Crippen LogP) is 1.99. The summed E-state index contributed by atoms with van der Waals surface area (Å²) in [6.45, 7) is 4.38. The van der Waals surface area contributed by atoms with E-state index < -0.39 is 18.0 Å². The summed E-state index contributed by atoms with van der Waals surface area (Å²) in [6.07, 6.45) is 3.57. The van der Waals surface area contributed by atoms with Crippen LogP contribution in [0, 0.1) is 0 Å². The van der Waals surface area contributed by atoms with E-state index in [1.165, 1.54) is 13.8 Å². The quantitative estimate of drug-likeness (QED) is 0.347. The van der Waals surface area contributed by atoms with Gasteiger partial charge in [-0.3, -0.25) is 14.4 Å². The van der Waals surface area contributed by atoms with Gasteiger partial charge in [0, 0.05) is 20.3 Å². The third-order valence-electron chi connectivity index (χ3n) is 2.47. The number of hydrogen-bond donors (Lipinski definition) is 0. The van der Waals surface area contributed by atoms with Gasteiger partial charge in [-0.2, -0.15) is 0 Å². The van der Waals surface area contributed by atoms with Gasteiger partial charge in [-0.15, -0.1) is 0 Å². The summed E-state index contributed by atoms with van der Waals surface area (Å²) < 4.78 is 14.7. The van der Waals surface area contributed by atoms with Gasteiger partial charge in [0.25, 0.3) is 0 Å². The van der Waals surface area contributed by atoms with Crippen molar-refractivity contribution < 1.29 is 28.6 Å². The van der Waals surface area contributed by atoms with E-state index in [1.807, 2.05) is 0 Å². The van der Waals surface area contributed by atoms with Crippen molar-refractivity contribution in [2.75, 3.05) is 13.2 Å². The molecule has 0 fully saturated rings. The molecule has 1 unspecified atom stereocenters. The Morgan fingerprint density at radius 3 is 2.10 bits per heavy atom. The Morgan fingerprint density at radius 1 is 0.900 bits per heavy atom. The van der Waals surface area contributed by atoms with E-state index in [0.29, 0.717) is 6.42 Å². The summed E-state index contributed by atoms with van der Waals surface area (Å²) in [5.74, 6) is -1.32. The molecule has 0 N–H and O–H groups in total. The van der Waals surface area contributed by atoms with Crippen LogP contribution in [0.4, 0.5) is 0 Å². The smallest absolute Gasteiger partial charge is 0.305 e. The van der Waals surface area contributed by atoms with Crippen molar-refractivity contribution in [3.8, 4) is 0 Å². The van der Waals surface area contributed by atoms with E-state index in [4.69, 9.17) is 14.2 Å². The molecule has 6 heteroatoms. The first kappa shape index (κ1) is 18.4. The van der Waals surface area contributed by atoms with E-state index in [-0.39, 0.29) is 19.2 Å². The summed E-state index contributed by atoms with van der Waals surface area (Å²) in [4.78, 5) is 33.1. The molecule has 0 aliphatic carbocycles. The zero-order valence-corrected chi connectivity index (χ0v) is 12.5. The molecule has 20 heavy (non-hydrogen) atoms. The minimum atomic E-state index is -0.754. The maximum absolute atomic E-state index is 11.5. The van der Waals surface area contributed by atoms with E-state index in [2.05, 4.69) is 6.92 Å². The number of carbonyl (C=O) groups excluding carboxylic acids is 3. The van der Waals surface area contributed by atoms with Crippen molar-refractivity contribution in [2.45, 2.75) is 59.0 Å². The van der Waals surface area contributed by atoms with Gasteiger partial charge in [-0.1, -0.05) is 26.2 Å². The molecule has 0 rings (SSSR count). The highest BCUT2D eigenvalue weighted by atomic mass is 16.6. The van der Waals surface area contributed by atoms with Crippen LogP contribution in [0.3, 0.4) is 0 Å². The van der Waals surface area contributed by atoms with Crippen LogP contribution in [0.15, 0.2) is 0 Å². The highest BCUT2D eigenvalue weighted by molar-refractivity contribution is 5.69. The van der Waals surface area contributed by atoms with Gasteiger partial charge < -0.3 is 14.2 Å². The maximum atomic E-state index is 11.5. The average Bonchev–Trinajstić information content (AvgIpc) is 2.37. The molecule has 0 heterocycles. The van der Waals surface area contributed by atoms with Gasteiger partial charge in [0.1, 0.15) is 13.2 Å². The second kappa shape index (κ2) is 11.3. The minimum Gasteiger partial charge on any atom is -0.462 e. The fraction of sp³-hybridized carbons (Fsp3) is 0.786. The number of unbranched alkanes of at least 4 members (excludes halogenated alkanes) is 3. The van der Waals surface area contributed by atoms with Gasteiger partial charge in [-0.25, -0.2) is 0 Å². The molecule has 6 nitrogen and oxygen atoms in total. The van der Waals surface area contributed by atoms with Gasteiger partial charge in [0.15, 0.2) is 6.10 Å². The van der Waals surface area contributed by atoms with Crippen molar-refractivity contribution in [2.24, 2.45) is 0 Å². The summed E-state index contributed by atoms with van der Waals surface area (Å²) in [6, 6.07) is 0. The van der Waals surface area contributed by atoms with E-state index in [9.17, 15) is 14.4 Å². The minimum absolute atomic E-state index is 0.0977. The lowest BCUT2D eigenvalue weighted by Gasteiger charge is -2.16. The molecule has 0 aliphatic rings. The summed E-state index contributed by atoms with van der Waals surface area (Å²) in [5.41, 5.74) is 0. The van der Waals surface area contributed by atoms with Gasteiger partial charge in [0.2, 0.25) is 0 Å². The van der Waals surface area contributed by atoms with Crippen LogP contribution in [0.2, 0.25) is 0 Å². The molecule has 0 bridgehead atoms. The fourth-order valence-electron chi connectivity index (χ4n) is 1.52. The number of esters is 3. The molecule has 0 amide bonds. The van der Waals surface area contributed by atoms with Crippen LogP contribution >= 0.6 is 0 Å². The van der Waals surface area contributed by atoms with Crippen LogP contribution < -0.4 is 0 Å². The summed E-state index contributed by atoms with van der Waals surface area (Å²) >= 11 is 0. The Morgan fingerprint density at radius 2 is 1.55 bits per heavy atom. The van der Waals surface area contributed by atoms with Crippen LogP contribution in [0.25, 0.3) is 0 Å². The van der Waals surface area contributed by atoms with Crippen LogP contribution in [-0.2, 0) is 28.6 Å². The first-order valence-electron chi connectivity index (χ1n) is 6.91. The normalized spacial score (nSPS) is 11.6. The van der Waals surface area contributed by atoms with Crippen LogP contribution in [0.5, 0.6) is 0 Å². The Bertz CT molecular complexity index is 313. The Labute approximate surface area is 119 Å². The molecule has 0 aromatic rings. The Balaban J connectivity index is 3.94. The van der Waals surface area contributed by atoms with Gasteiger partial charge >= 0.3 is 17.9 Å². The molecule has 0 spiro atoms. The summed E-state index contributed by atoms with van der Waals surface area (Å²) in [7, 11) is 0. The molecule has 0 aromatic carbocycles. The van der Waals surface area contributed by atoms with Crippen molar-refractivity contribution >= 4 is 17.9 Å². The first-order chi connectivity index (χ1) is 9.45. The third-order valence-corrected chi connectivity index (χ3v) is 2.47. The highest BCUT2D eigenvalue weighted by Gasteiger charge is 2.16. The molecular formula is C14H24O6. The highest BCUT2D eigenvalue weighted by Crippen LogP contribution is 2.04. The van der Waals surface area contributed by atoms with Crippen molar-refractivity contribution in [3.05, 3.63) is 0 Å². The Hall–Kier alpha value is -1.59. The monoisotopic (exact) mass is 288 g/mol. The standard InChI is InChI=1S/C14H24O6/c1-4-5-6-7-8-14(17)19-10-13(20-12(3)16)9-18-11(2)15/h13H,4-10H2,1-3H3. The lowest BCUT2D eigenvalue weighted by Crippen LogP contribution is -2.29. The molecule has 116 valence electrons. The number of ether oxygens (including phenoxy) is 3. The lowest BCUT2D eigenvalue weighted by molar-refractivity contribution is -0.164. The molecule has 0 radical (unpaired) electrons. The van der Waals surface area contributed by atoms with E-state index >= 15 is 0 Å². The molecule has 0 aromatic heterocycles. The fourth-order valence-corrected chi connectivity index (χ4v) is 1.52. The zero-order valence-electron chi connectivity index (χ0n) is 12.5. The maximum Gasteiger partial charge on any atom is 0.305 e. The van der Waals surface area contributed by atoms with Crippen LogP contribution in [-0.4, -0.2) is 37.2 Å². The largest absolute Gasteiger partial charge is 0.462 e. The Kier molecular flexibility index (Phi) is 10.4. The lowest BCUT2D eigenvalue weighted by atomic mass is 10.2. The average molecular weight is 288 g/mol. The topological polar surface area (TPSA) is 78.9 Å². The molecule has 0 saturated carbocycles. The van der Waals surface area contributed by atoms with Crippen molar-refractivity contribution in [1.82, 2.24) is 0 Å². The number of carbonyl (C=O) groups is 3.